The normalized spacial score (nSPS) is 12.4. The van der Waals surface area contributed by atoms with Gasteiger partial charge < -0.3 is 5.32 Å². The van der Waals surface area contributed by atoms with E-state index in [1.807, 2.05) is 67.6 Å². The summed E-state index contributed by atoms with van der Waals surface area (Å²) in [5, 5.41) is 21.5. The molecular formula is C29H23N5O6S2. The fourth-order valence-electron chi connectivity index (χ4n) is 4.01. The third kappa shape index (κ3) is 6.72. The van der Waals surface area contributed by atoms with Crippen LogP contribution in [-0.2, 0) is 20.2 Å². The number of hydrogen-bond donors (Lipinski definition) is 3. The minimum Gasteiger partial charge on any atom is -0.354 e. The van der Waals surface area contributed by atoms with Crippen molar-refractivity contribution in [2.45, 2.75) is 16.7 Å². The van der Waals surface area contributed by atoms with Gasteiger partial charge >= 0.3 is 0 Å². The van der Waals surface area contributed by atoms with Crippen molar-refractivity contribution in [2.75, 3.05) is 5.32 Å². The lowest BCUT2D eigenvalue weighted by atomic mass is 10.1. The molecule has 0 aliphatic rings. The lowest BCUT2D eigenvalue weighted by Crippen LogP contribution is -1.98. The Balaban J connectivity index is 1.50. The van der Waals surface area contributed by atoms with Gasteiger partial charge in [0.05, 0.1) is 22.0 Å². The van der Waals surface area contributed by atoms with Gasteiger partial charge in [0.1, 0.15) is 16.3 Å². The van der Waals surface area contributed by atoms with Crippen molar-refractivity contribution in [3.8, 4) is 0 Å². The first-order valence-electron chi connectivity index (χ1n) is 12.4. The molecule has 0 unspecified atom stereocenters. The van der Waals surface area contributed by atoms with E-state index in [9.17, 15) is 21.4 Å². The van der Waals surface area contributed by atoms with Gasteiger partial charge in [-0.25, -0.2) is 0 Å². The van der Waals surface area contributed by atoms with Crippen LogP contribution in [0.4, 0.5) is 34.1 Å². The third-order valence-corrected chi connectivity index (χ3v) is 7.88. The molecule has 0 aliphatic carbocycles. The Morgan fingerprint density at radius 2 is 1.31 bits per heavy atom. The highest BCUT2D eigenvalue weighted by Crippen LogP contribution is 2.38. The predicted molar refractivity (Wildman–Crippen MR) is 159 cm³/mol. The lowest BCUT2D eigenvalue weighted by Gasteiger charge is -2.12. The van der Waals surface area contributed by atoms with E-state index in [0.717, 1.165) is 40.2 Å². The molecule has 0 saturated heterocycles. The largest absolute Gasteiger partial charge is 0.354 e. The number of nitrogens with zero attached hydrogens (tertiary/aromatic N) is 4. The zero-order chi connectivity index (χ0) is 29.9. The van der Waals surface area contributed by atoms with E-state index >= 15 is 0 Å². The SMILES string of the molecule is Cc1ccc(Nc2ccc3ccccc3c2N=Nc2ccc(N=Nc3ccc(S(=O)(=O)O)cc3)cc2S(=O)(=O)O)cc1. The number of nitrogens with one attached hydrogen (secondary N) is 1. The Labute approximate surface area is 241 Å². The molecule has 0 spiro atoms. The van der Waals surface area contributed by atoms with Gasteiger partial charge in [-0.05, 0) is 73.0 Å². The lowest BCUT2D eigenvalue weighted by molar-refractivity contribution is 0.481. The van der Waals surface area contributed by atoms with Gasteiger partial charge in [-0.2, -0.15) is 27.1 Å². The van der Waals surface area contributed by atoms with Crippen LogP contribution in [0.3, 0.4) is 0 Å². The Morgan fingerprint density at radius 3 is 2.00 bits per heavy atom. The van der Waals surface area contributed by atoms with Crippen LogP contribution < -0.4 is 5.32 Å². The second-order valence-electron chi connectivity index (χ2n) is 9.17. The molecule has 212 valence electrons. The van der Waals surface area contributed by atoms with Crippen molar-refractivity contribution in [3.63, 3.8) is 0 Å². The summed E-state index contributed by atoms with van der Waals surface area (Å²) < 4.78 is 66.0. The maximum atomic E-state index is 12.3. The van der Waals surface area contributed by atoms with Gasteiger partial charge in [0.25, 0.3) is 20.2 Å². The van der Waals surface area contributed by atoms with Crippen molar-refractivity contribution in [3.05, 3.63) is 109 Å². The highest BCUT2D eigenvalue weighted by atomic mass is 32.2. The average molecular weight is 602 g/mol. The highest BCUT2D eigenvalue weighted by Gasteiger charge is 2.17. The summed E-state index contributed by atoms with van der Waals surface area (Å²) >= 11 is 0. The summed E-state index contributed by atoms with van der Waals surface area (Å²) in [5.41, 5.74) is 3.23. The van der Waals surface area contributed by atoms with Crippen molar-refractivity contribution in [2.24, 2.45) is 20.5 Å². The Bertz CT molecular complexity index is 2060. The molecule has 0 bridgehead atoms. The molecule has 13 heteroatoms. The summed E-state index contributed by atoms with van der Waals surface area (Å²) in [5.74, 6) is 0. The van der Waals surface area contributed by atoms with E-state index in [2.05, 4.69) is 25.8 Å². The number of fused-ring (bicyclic) bond motifs is 1. The summed E-state index contributed by atoms with van der Waals surface area (Å²) in [7, 11) is -9.10. The van der Waals surface area contributed by atoms with E-state index in [1.54, 1.807) is 0 Å². The number of rotatable bonds is 8. The first kappa shape index (κ1) is 28.7. The van der Waals surface area contributed by atoms with Crippen molar-refractivity contribution in [1.29, 1.82) is 0 Å². The summed E-state index contributed by atoms with van der Waals surface area (Å²) in [6, 6.07) is 27.9. The standard InChI is InChI=1S/C29H23N5O6S2/c1-19-6-9-21(10-7-19)30-27-16-8-20-4-2-3-5-25(20)29(27)34-33-26-17-13-23(18-28(26)42(38,39)40)32-31-22-11-14-24(15-12-22)41(35,36)37/h2-18,30H,1H3,(H,35,36,37)(H,38,39,40). The van der Waals surface area contributed by atoms with Gasteiger partial charge in [0.15, 0.2) is 0 Å². The molecule has 0 aromatic heterocycles. The second-order valence-corrected chi connectivity index (χ2v) is 12.0. The van der Waals surface area contributed by atoms with Gasteiger partial charge in [-0.15, -0.1) is 10.2 Å². The van der Waals surface area contributed by atoms with Crippen LogP contribution in [0.5, 0.6) is 0 Å². The minimum absolute atomic E-state index is 0.0762. The summed E-state index contributed by atoms with van der Waals surface area (Å²) in [6.07, 6.45) is 0. The second kappa shape index (κ2) is 11.6. The Kier molecular flexibility index (Phi) is 7.91. The van der Waals surface area contributed by atoms with Crippen LogP contribution >= 0.6 is 0 Å². The molecule has 0 heterocycles. The van der Waals surface area contributed by atoms with Crippen LogP contribution in [0.25, 0.3) is 10.8 Å². The maximum absolute atomic E-state index is 12.3. The van der Waals surface area contributed by atoms with Gasteiger partial charge in [-0.3, -0.25) is 9.11 Å². The number of anilines is 2. The molecule has 0 fully saturated rings. The van der Waals surface area contributed by atoms with Gasteiger partial charge in [-0.1, -0.05) is 48.0 Å². The van der Waals surface area contributed by atoms with E-state index in [0.29, 0.717) is 11.4 Å². The smallest absolute Gasteiger partial charge is 0.296 e. The molecule has 0 atom stereocenters. The van der Waals surface area contributed by atoms with Crippen LogP contribution in [0.15, 0.2) is 133 Å². The molecule has 5 rings (SSSR count). The summed E-state index contributed by atoms with van der Waals surface area (Å²) in [4.78, 5) is -0.842. The third-order valence-electron chi connectivity index (χ3n) is 6.13. The van der Waals surface area contributed by atoms with E-state index in [-0.39, 0.29) is 22.0 Å². The number of hydrogen-bond acceptors (Lipinski definition) is 9. The molecule has 0 aliphatic heterocycles. The van der Waals surface area contributed by atoms with E-state index < -0.39 is 25.1 Å². The first-order valence-corrected chi connectivity index (χ1v) is 15.2. The highest BCUT2D eigenvalue weighted by molar-refractivity contribution is 7.86. The van der Waals surface area contributed by atoms with Crippen LogP contribution in [0.2, 0.25) is 0 Å². The van der Waals surface area contributed by atoms with Gasteiger partial charge in [0.2, 0.25) is 0 Å². The van der Waals surface area contributed by atoms with Crippen LogP contribution in [-0.4, -0.2) is 25.9 Å². The van der Waals surface area contributed by atoms with Crippen molar-refractivity contribution in [1.82, 2.24) is 0 Å². The average Bonchev–Trinajstić information content (AvgIpc) is 2.96. The topological polar surface area (TPSA) is 170 Å². The molecule has 5 aromatic rings. The molecule has 11 nitrogen and oxygen atoms in total. The first-order chi connectivity index (χ1) is 20.0. The fourth-order valence-corrected chi connectivity index (χ4v) is 5.14. The molecule has 0 amide bonds. The Hall–Kier alpha value is -4.82. The molecule has 0 radical (unpaired) electrons. The fraction of sp³-hybridized carbons (Fsp3) is 0.0345. The molecule has 5 aromatic carbocycles. The zero-order valence-corrected chi connectivity index (χ0v) is 23.6. The monoisotopic (exact) mass is 601 g/mol. The summed E-state index contributed by atoms with van der Waals surface area (Å²) in [6.45, 7) is 1.99. The maximum Gasteiger partial charge on any atom is 0.296 e. The van der Waals surface area contributed by atoms with Crippen LogP contribution in [0, 0.1) is 6.92 Å². The van der Waals surface area contributed by atoms with Crippen molar-refractivity contribution < 1.29 is 25.9 Å². The number of aryl methyl sites for hydroxylation is 1. The number of azo groups is 2. The zero-order valence-electron chi connectivity index (χ0n) is 21.9. The Morgan fingerprint density at radius 1 is 0.643 bits per heavy atom. The molecular weight excluding hydrogens is 578 g/mol. The molecule has 3 N–H and O–H groups in total. The van der Waals surface area contributed by atoms with Crippen LogP contribution in [0.1, 0.15) is 5.56 Å². The van der Waals surface area contributed by atoms with Crippen molar-refractivity contribution >= 4 is 65.1 Å². The predicted octanol–water partition coefficient (Wildman–Crippen LogP) is 8.22. The van der Waals surface area contributed by atoms with E-state index in [1.165, 1.54) is 24.3 Å². The van der Waals surface area contributed by atoms with E-state index in [4.69, 9.17) is 4.55 Å². The molecule has 42 heavy (non-hydrogen) atoms. The molecule has 0 saturated carbocycles. The van der Waals surface area contributed by atoms with Gasteiger partial charge in [0, 0.05) is 11.1 Å². The minimum atomic E-state index is -4.74. The number of benzene rings is 5. The quantitative estimate of drug-likeness (QED) is 0.119.